The number of carboxylic acids is 1. The van der Waals surface area contributed by atoms with Gasteiger partial charge in [-0.3, -0.25) is 4.79 Å². The number of hydrogen-bond donors (Lipinski definition) is 1. The SMILES string of the molecule is CC(SCc1cccc(Br)c1)C(=O)O. The van der Waals surface area contributed by atoms with E-state index in [0.717, 1.165) is 15.8 Å². The van der Waals surface area contributed by atoms with Gasteiger partial charge in [-0.1, -0.05) is 28.1 Å². The summed E-state index contributed by atoms with van der Waals surface area (Å²) in [5, 5.41) is 8.33. The Morgan fingerprint density at radius 3 is 2.93 bits per heavy atom. The molecule has 0 aliphatic heterocycles. The van der Waals surface area contributed by atoms with Gasteiger partial charge in [0.1, 0.15) is 0 Å². The van der Waals surface area contributed by atoms with Gasteiger partial charge in [-0.05, 0) is 24.6 Å². The third-order valence-electron chi connectivity index (χ3n) is 1.74. The molecule has 0 saturated heterocycles. The van der Waals surface area contributed by atoms with Crippen LogP contribution in [0.5, 0.6) is 0 Å². The molecule has 0 aliphatic carbocycles. The van der Waals surface area contributed by atoms with Crippen molar-refractivity contribution in [1.29, 1.82) is 0 Å². The lowest BCUT2D eigenvalue weighted by atomic mass is 10.2. The van der Waals surface area contributed by atoms with Gasteiger partial charge in [0.05, 0.1) is 5.25 Å². The molecular weight excluding hydrogens is 264 g/mol. The van der Waals surface area contributed by atoms with Gasteiger partial charge < -0.3 is 5.11 Å². The number of benzene rings is 1. The minimum Gasteiger partial charge on any atom is -0.480 e. The van der Waals surface area contributed by atoms with E-state index in [0.29, 0.717) is 0 Å². The van der Waals surface area contributed by atoms with Crippen LogP contribution in [0.1, 0.15) is 12.5 Å². The normalized spacial score (nSPS) is 12.4. The zero-order valence-electron chi connectivity index (χ0n) is 7.74. The van der Waals surface area contributed by atoms with Crippen molar-refractivity contribution in [2.24, 2.45) is 0 Å². The van der Waals surface area contributed by atoms with Crippen LogP contribution in [0.3, 0.4) is 0 Å². The molecule has 1 unspecified atom stereocenters. The Morgan fingerprint density at radius 1 is 1.64 bits per heavy atom. The smallest absolute Gasteiger partial charge is 0.316 e. The molecule has 0 spiro atoms. The Labute approximate surface area is 95.8 Å². The van der Waals surface area contributed by atoms with Crippen molar-refractivity contribution in [1.82, 2.24) is 0 Å². The number of aliphatic carboxylic acids is 1. The maximum absolute atomic E-state index is 10.6. The monoisotopic (exact) mass is 274 g/mol. The molecule has 76 valence electrons. The van der Waals surface area contributed by atoms with E-state index in [1.165, 1.54) is 11.8 Å². The number of carboxylic acid groups (broad SMARTS) is 1. The van der Waals surface area contributed by atoms with E-state index < -0.39 is 5.97 Å². The highest BCUT2D eigenvalue weighted by atomic mass is 79.9. The Bertz CT molecular complexity index is 328. The standard InChI is InChI=1S/C10H11BrO2S/c1-7(10(12)13)14-6-8-3-2-4-9(11)5-8/h2-5,7H,6H2,1H3,(H,12,13). The van der Waals surface area contributed by atoms with Crippen LogP contribution < -0.4 is 0 Å². The fraction of sp³-hybridized carbons (Fsp3) is 0.300. The first-order valence-corrected chi connectivity index (χ1v) is 6.02. The Hall–Kier alpha value is -0.480. The second kappa shape index (κ2) is 5.41. The first kappa shape index (κ1) is 11.6. The highest BCUT2D eigenvalue weighted by Crippen LogP contribution is 2.20. The van der Waals surface area contributed by atoms with Crippen molar-refractivity contribution in [3.63, 3.8) is 0 Å². The lowest BCUT2D eigenvalue weighted by molar-refractivity contribution is -0.136. The molecule has 1 N–H and O–H groups in total. The largest absolute Gasteiger partial charge is 0.480 e. The molecule has 4 heteroatoms. The molecule has 2 nitrogen and oxygen atoms in total. The minimum atomic E-state index is -0.759. The van der Waals surface area contributed by atoms with Crippen LogP contribution in [-0.2, 0) is 10.5 Å². The molecule has 1 aromatic carbocycles. The average Bonchev–Trinajstić information content (AvgIpc) is 2.14. The van der Waals surface area contributed by atoms with Crippen LogP contribution in [0, 0.1) is 0 Å². The Morgan fingerprint density at radius 2 is 2.36 bits per heavy atom. The zero-order valence-corrected chi connectivity index (χ0v) is 10.1. The molecule has 0 bridgehead atoms. The van der Waals surface area contributed by atoms with E-state index in [2.05, 4.69) is 15.9 Å². The summed E-state index contributed by atoms with van der Waals surface area (Å²) >= 11 is 4.80. The van der Waals surface area contributed by atoms with Crippen molar-refractivity contribution in [3.05, 3.63) is 34.3 Å². The summed E-state index contributed by atoms with van der Waals surface area (Å²) in [5.74, 6) is -0.0302. The van der Waals surface area contributed by atoms with Crippen molar-refractivity contribution in [3.8, 4) is 0 Å². The van der Waals surface area contributed by atoms with Crippen LogP contribution in [0.15, 0.2) is 28.7 Å². The quantitative estimate of drug-likeness (QED) is 0.917. The van der Waals surface area contributed by atoms with Crippen LogP contribution in [0.25, 0.3) is 0 Å². The van der Waals surface area contributed by atoms with Crippen LogP contribution >= 0.6 is 27.7 Å². The van der Waals surface area contributed by atoms with Gasteiger partial charge in [0, 0.05) is 10.2 Å². The summed E-state index contributed by atoms with van der Waals surface area (Å²) in [6.07, 6.45) is 0. The molecule has 1 atom stereocenters. The highest BCUT2D eigenvalue weighted by molar-refractivity contribution is 9.10. The summed E-state index contributed by atoms with van der Waals surface area (Å²) < 4.78 is 1.03. The number of halogens is 1. The van der Waals surface area contributed by atoms with Crippen molar-refractivity contribution in [2.75, 3.05) is 0 Å². The predicted molar refractivity (Wildman–Crippen MR) is 62.5 cm³/mol. The first-order valence-electron chi connectivity index (χ1n) is 4.18. The molecule has 0 heterocycles. The molecular formula is C10H11BrO2S. The molecule has 0 radical (unpaired) electrons. The third-order valence-corrected chi connectivity index (χ3v) is 3.43. The molecule has 0 fully saturated rings. The molecule has 1 rings (SSSR count). The van der Waals surface area contributed by atoms with Crippen LogP contribution in [0.2, 0.25) is 0 Å². The first-order chi connectivity index (χ1) is 6.59. The van der Waals surface area contributed by atoms with Gasteiger partial charge in [0.25, 0.3) is 0 Å². The second-order valence-electron chi connectivity index (χ2n) is 2.92. The summed E-state index contributed by atoms with van der Waals surface area (Å²) in [6.45, 7) is 1.70. The van der Waals surface area contributed by atoms with Crippen molar-refractivity contribution in [2.45, 2.75) is 17.9 Å². The lowest BCUT2D eigenvalue weighted by Crippen LogP contribution is -2.11. The maximum Gasteiger partial charge on any atom is 0.316 e. The van der Waals surface area contributed by atoms with Crippen molar-refractivity contribution >= 4 is 33.7 Å². The van der Waals surface area contributed by atoms with Crippen LogP contribution in [0.4, 0.5) is 0 Å². The zero-order chi connectivity index (χ0) is 10.6. The highest BCUT2D eigenvalue weighted by Gasteiger charge is 2.10. The summed E-state index contributed by atoms with van der Waals surface area (Å²) in [4.78, 5) is 10.6. The molecule has 0 amide bonds. The van der Waals surface area contributed by atoms with E-state index in [1.54, 1.807) is 6.92 Å². The molecule has 1 aromatic rings. The number of thioether (sulfide) groups is 1. The van der Waals surface area contributed by atoms with E-state index in [1.807, 2.05) is 24.3 Å². The second-order valence-corrected chi connectivity index (χ2v) is 5.17. The van der Waals surface area contributed by atoms with E-state index in [9.17, 15) is 4.79 Å². The minimum absolute atomic E-state index is 0.353. The lowest BCUT2D eigenvalue weighted by Gasteiger charge is -2.05. The van der Waals surface area contributed by atoms with Gasteiger partial charge in [-0.2, -0.15) is 0 Å². The maximum atomic E-state index is 10.6. The average molecular weight is 275 g/mol. The van der Waals surface area contributed by atoms with Gasteiger partial charge in [-0.15, -0.1) is 11.8 Å². The number of carbonyl (C=O) groups is 1. The predicted octanol–water partition coefficient (Wildman–Crippen LogP) is 3.16. The number of rotatable bonds is 4. The van der Waals surface area contributed by atoms with E-state index in [4.69, 9.17) is 5.11 Å². The fourth-order valence-corrected chi connectivity index (χ4v) is 2.13. The van der Waals surface area contributed by atoms with Crippen LogP contribution in [-0.4, -0.2) is 16.3 Å². The van der Waals surface area contributed by atoms with E-state index in [-0.39, 0.29) is 5.25 Å². The number of hydrogen-bond acceptors (Lipinski definition) is 2. The Balaban J connectivity index is 2.49. The molecule has 0 aromatic heterocycles. The Kier molecular flexibility index (Phi) is 4.48. The van der Waals surface area contributed by atoms with Gasteiger partial charge in [0.15, 0.2) is 0 Å². The molecule has 0 saturated carbocycles. The van der Waals surface area contributed by atoms with Gasteiger partial charge in [0.2, 0.25) is 0 Å². The molecule has 0 aliphatic rings. The summed E-state index contributed by atoms with van der Waals surface area (Å²) in [6, 6.07) is 7.90. The van der Waals surface area contributed by atoms with Gasteiger partial charge in [-0.25, -0.2) is 0 Å². The summed E-state index contributed by atoms with van der Waals surface area (Å²) in [5.41, 5.74) is 1.14. The van der Waals surface area contributed by atoms with E-state index >= 15 is 0 Å². The fourth-order valence-electron chi connectivity index (χ4n) is 0.919. The topological polar surface area (TPSA) is 37.3 Å². The third kappa shape index (κ3) is 3.72. The summed E-state index contributed by atoms with van der Waals surface area (Å²) in [7, 11) is 0. The van der Waals surface area contributed by atoms with Crippen molar-refractivity contribution < 1.29 is 9.90 Å². The van der Waals surface area contributed by atoms with Gasteiger partial charge >= 0.3 is 5.97 Å². The molecule has 14 heavy (non-hydrogen) atoms.